The highest BCUT2D eigenvalue weighted by molar-refractivity contribution is 6.30. The number of benzene rings is 1. The number of aromatic nitrogens is 1. The molecular weight excluding hydrogens is 286 g/mol. The first kappa shape index (κ1) is 13.5. The van der Waals surface area contributed by atoms with Gasteiger partial charge < -0.3 is 9.73 Å². The highest BCUT2D eigenvalue weighted by Crippen LogP contribution is 2.28. The second-order valence-electron chi connectivity index (χ2n) is 4.84. The minimum Gasteiger partial charge on any atom is -0.441 e. The van der Waals surface area contributed by atoms with Gasteiger partial charge in [-0.25, -0.2) is 13.8 Å². The molecule has 0 radical (unpaired) electrons. The summed E-state index contributed by atoms with van der Waals surface area (Å²) >= 11 is 5.51. The first-order valence-electron chi connectivity index (χ1n) is 6.46. The maximum Gasteiger partial charge on any atom is 0.196 e. The molecule has 2 aromatic rings. The Balaban J connectivity index is 1.73. The quantitative estimate of drug-likeness (QED) is 0.858. The molecule has 1 aromatic carbocycles. The molecule has 1 aliphatic carbocycles. The summed E-state index contributed by atoms with van der Waals surface area (Å²) < 4.78 is 32.6. The Hall–Kier alpha value is -1.46. The van der Waals surface area contributed by atoms with Crippen LogP contribution in [0.1, 0.15) is 18.7 Å². The Morgan fingerprint density at radius 3 is 2.85 bits per heavy atom. The van der Waals surface area contributed by atoms with Crippen LogP contribution in [-0.2, 0) is 6.42 Å². The topological polar surface area (TPSA) is 38.1 Å². The van der Waals surface area contributed by atoms with Crippen LogP contribution in [0.2, 0.25) is 5.02 Å². The molecular formula is C14H13ClF2N2O. The predicted octanol–water partition coefficient (Wildman–Crippen LogP) is 3.57. The minimum atomic E-state index is -0.684. The number of hydrogen-bond acceptors (Lipinski definition) is 3. The molecule has 1 N–H and O–H groups in total. The largest absolute Gasteiger partial charge is 0.441 e. The number of oxazole rings is 1. The van der Waals surface area contributed by atoms with E-state index in [1.165, 1.54) is 19.0 Å². The first-order chi connectivity index (χ1) is 9.63. The number of halogens is 3. The van der Waals surface area contributed by atoms with Crippen molar-refractivity contribution >= 4 is 11.6 Å². The molecule has 3 rings (SSSR count). The van der Waals surface area contributed by atoms with E-state index in [0.29, 0.717) is 18.4 Å². The Morgan fingerprint density at radius 1 is 1.30 bits per heavy atom. The number of rotatable bonds is 5. The predicted molar refractivity (Wildman–Crippen MR) is 71.6 cm³/mol. The van der Waals surface area contributed by atoms with Crippen LogP contribution in [0, 0.1) is 11.6 Å². The van der Waals surface area contributed by atoms with Gasteiger partial charge in [0.1, 0.15) is 11.6 Å². The smallest absolute Gasteiger partial charge is 0.196 e. The van der Waals surface area contributed by atoms with Crippen molar-refractivity contribution in [2.45, 2.75) is 25.3 Å². The van der Waals surface area contributed by atoms with Crippen molar-refractivity contribution in [2.75, 3.05) is 6.54 Å². The SMILES string of the molecule is Fc1cc(-c2cnc(CCNC3CC3)o2)c(F)cc1Cl. The summed E-state index contributed by atoms with van der Waals surface area (Å²) in [7, 11) is 0. The fourth-order valence-corrected chi connectivity index (χ4v) is 2.08. The summed E-state index contributed by atoms with van der Waals surface area (Å²) in [5.41, 5.74) is 0.0285. The van der Waals surface area contributed by atoms with Crippen molar-refractivity contribution < 1.29 is 13.2 Å². The van der Waals surface area contributed by atoms with E-state index >= 15 is 0 Å². The fraction of sp³-hybridized carbons (Fsp3) is 0.357. The molecule has 0 amide bonds. The van der Waals surface area contributed by atoms with Crippen molar-refractivity contribution in [1.29, 1.82) is 0 Å². The van der Waals surface area contributed by atoms with Gasteiger partial charge in [-0.2, -0.15) is 0 Å². The van der Waals surface area contributed by atoms with Crippen LogP contribution in [-0.4, -0.2) is 17.6 Å². The van der Waals surface area contributed by atoms with Crippen molar-refractivity contribution in [3.63, 3.8) is 0 Å². The lowest BCUT2D eigenvalue weighted by Crippen LogP contribution is -2.19. The second kappa shape index (κ2) is 5.50. The number of nitrogens with one attached hydrogen (secondary N) is 1. The van der Waals surface area contributed by atoms with E-state index in [1.54, 1.807) is 0 Å². The average molecular weight is 299 g/mol. The lowest BCUT2D eigenvalue weighted by molar-refractivity contribution is 0.490. The normalized spacial score (nSPS) is 14.8. The Labute approximate surface area is 120 Å². The summed E-state index contributed by atoms with van der Waals surface area (Å²) in [5, 5.41) is 3.08. The van der Waals surface area contributed by atoms with Crippen LogP contribution in [0.3, 0.4) is 0 Å². The van der Waals surface area contributed by atoms with E-state index in [4.69, 9.17) is 16.0 Å². The highest BCUT2D eigenvalue weighted by Gasteiger charge is 2.20. The fourth-order valence-electron chi connectivity index (χ4n) is 1.93. The van der Waals surface area contributed by atoms with E-state index in [9.17, 15) is 8.78 Å². The number of nitrogens with zero attached hydrogens (tertiary/aromatic N) is 1. The Bertz CT molecular complexity index is 626. The van der Waals surface area contributed by atoms with Gasteiger partial charge in [-0.3, -0.25) is 0 Å². The minimum absolute atomic E-state index is 0.0285. The molecule has 0 bridgehead atoms. The van der Waals surface area contributed by atoms with Crippen molar-refractivity contribution in [1.82, 2.24) is 10.3 Å². The number of hydrogen-bond donors (Lipinski definition) is 1. The van der Waals surface area contributed by atoms with Gasteiger partial charge in [0.2, 0.25) is 0 Å². The molecule has 1 saturated carbocycles. The molecule has 3 nitrogen and oxygen atoms in total. The molecule has 1 aliphatic rings. The zero-order chi connectivity index (χ0) is 14.1. The lowest BCUT2D eigenvalue weighted by atomic mass is 10.1. The molecule has 0 unspecified atom stereocenters. The van der Waals surface area contributed by atoms with E-state index in [-0.39, 0.29) is 16.3 Å². The van der Waals surface area contributed by atoms with Gasteiger partial charge in [0.05, 0.1) is 16.8 Å². The van der Waals surface area contributed by atoms with E-state index in [1.807, 2.05) is 0 Å². The van der Waals surface area contributed by atoms with Crippen LogP contribution in [0.4, 0.5) is 8.78 Å². The molecule has 1 heterocycles. The van der Waals surface area contributed by atoms with Gasteiger partial charge in [-0.15, -0.1) is 0 Å². The molecule has 1 fully saturated rings. The molecule has 0 spiro atoms. The van der Waals surface area contributed by atoms with Gasteiger partial charge in [0.25, 0.3) is 0 Å². The summed E-state index contributed by atoms with van der Waals surface area (Å²) in [6.45, 7) is 0.766. The summed E-state index contributed by atoms with van der Waals surface area (Å²) in [5.74, 6) is -0.603. The zero-order valence-electron chi connectivity index (χ0n) is 10.6. The zero-order valence-corrected chi connectivity index (χ0v) is 11.4. The van der Waals surface area contributed by atoms with E-state index < -0.39 is 11.6 Å². The monoisotopic (exact) mass is 298 g/mol. The maximum atomic E-state index is 13.7. The molecule has 0 atom stereocenters. The second-order valence-corrected chi connectivity index (χ2v) is 5.25. The van der Waals surface area contributed by atoms with Gasteiger partial charge in [0, 0.05) is 19.0 Å². The molecule has 6 heteroatoms. The molecule has 20 heavy (non-hydrogen) atoms. The molecule has 106 valence electrons. The van der Waals surface area contributed by atoms with E-state index in [0.717, 1.165) is 18.7 Å². The van der Waals surface area contributed by atoms with Crippen LogP contribution in [0.15, 0.2) is 22.7 Å². The third-order valence-corrected chi connectivity index (χ3v) is 3.47. The standard InChI is InChI=1S/C14H13ClF2N2O/c15-10-6-11(16)9(5-12(10)17)13-7-19-14(20-13)3-4-18-8-1-2-8/h5-8,18H,1-4H2. The van der Waals surface area contributed by atoms with Crippen LogP contribution in [0.25, 0.3) is 11.3 Å². The Kier molecular flexibility index (Phi) is 3.72. The van der Waals surface area contributed by atoms with Crippen LogP contribution < -0.4 is 5.32 Å². The van der Waals surface area contributed by atoms with Crippen molar-refractivity contribution in [3.05, 3.63) is 40.9 Å². The third kappa shape index (κ3) is 2.99. The third-order valence-electron chi connectivity index (χ3n) is 3.18. The van der Waals surface area contributed by atoms with Crippen LogP contribution in [0.5, 0.6) is 0 Å². The average Bonchev–Trinajstić information content (AvgIpc) is 3.11. The van der Waals surface area contributed by atoms with Crippen LogP contribution >= 0.6 is 11.6 Å². The van der Waals surface area contributed by atoms with E-state index in [2.05, 4.69) is 10.3 Å². The molecule has 0 saturated heterocycles. The Morgan fingerprint density at radius 2 is 2.10 bits per heavy atom. The maximum absolute atomic E-state index is 13.7. The van der Waals surface area contributed by atoms with Crippen molar-refractivity contribution in [3.8, 4) is 11.3 Å². The summed E-state index contributed by atoms with van der Waals surface area (Å²) in [6, 6.07) is 2.57. The highest BCUT2D eigenvalue weighted by atomic mass is 35.5. The first-order valence-corrected chi connectivity index (χ1v) is 6.84. The summed E-state index contributed by atoms with van der Waals surface area (Å²) in [4.78, 5) is 4.07. The summed E-state index contributed by atoms with van der Waals surface area (Å²) in [6.07, 6.45) is 4.45. The van der Waals surface area contributed by atoms with Gasteiger partial charge >= 0.3 is 0 Å². The molecule has 0 aliphatic heterocycles. The van der Waals surface area contributed by atoms with Crippen molar-refractivity contribution in [2.24, 2.45) is 0 Å². The van der Waals surface area contributed by atoms with Gasteiger partial charge in [-0.1, -0.05) is 11.6 Å². The van der Waals surface area contributed by atoms with Gasteiger partial charge in [-0.05, 0) is 25.0 Å². The van der Waals surface area contributed by atoms with Gasteiger partial charge in [0.15, 0.2) is 11.7 Å². The molecule has 1 aromatic heterocycles. The lowest BCUT2D eigenvalue weighted by Gasteiger charge is -2.01.